The summed E-state index contributed by atoms with van der Waals surface area (Å²) in [6, 6.07) is 11.5. The van der Waals surface area contributed by atoms with Crippen molar-refractivity contribution in [2.24, 2.45) is 0 Å². The van der Waals surface area contributed by atoms with Crippen molar-refractivity contribution in [2.45, 2.75) is 13.5 Å². The molecule has 0 radical (unpaired) electrons. The Morgan fingerprint density at radius 1 is 1.11 bits per heavy atom. The second-order valence-electron chi connectivity index (χ2n) is 6.65. The van der Waals surface area contributed by atoms with Crippen molar-refractivity contribution < 1.29 is 18.7 Å². The Bertz CT molecular complexity index is 803. The maximum absolute atomic E-state index is 14.8. The van der Waals surface area contributed by atoms with E-state index in [1.807, 2.05) is 23.1 Å². The van der Waals surface area contributed by atoms with E-state index in [4.69, 9.17) is 9.47 Å². The topological polar surface area (TPSA) is 42.0 Å². The lowest BCUT2D eigenvalue weighted by Crippen LogP contribution is -2.46. The molecule has 0 aliphatic carbocycles. The van der Waals surface area contributed by atoms with Gasteiger partial charge in [0.05, 0.1) is 19.9 Å². The van der Waals surface area contributed by atoms with Gasteiger partial charge < -0.3 is 14.4 Å². The SMILES string of the molecule is COC(=O)c1cc(F)c(N2CCN(Cc3ccccc3)CC2)c(C)c1OC. The third-order valence-electron chi connectivity index (χ3n) is 4.98. The first kappa shape index (κ1) is 19.2. The van der Waals surface area contributed by atoms with Crippen LogP contribution in [0.5, 0.6) is 5.75 Å². The van der Waals surface area contributed by atoms with Crippen LogP contribution in [0.4, 0.5) is 10.1 Å². The summed E-state index contributed by atoms with van der Waals surface area (Å²) in [6.07, 6.45) is 0. The van der Waals surface area contributed by atoms with Gasteiger partial charge >= 0.3 is 5.97 Å². The Hall–Kier alpha value is -2.60. The number of hydrogen-bond donors (Lipinski definition) is 0. The maximum Gasteiger partial charge on any atom is 0.341 e. The molecule has 2 aromatic rings. The van der Waals surface area contributed by atoms with Crippen LogP contribution in [0, 0.1) is 12.7 Å². The van der Waals surface area contributed by atoms with Gasteiger partial charge in [-0.15, -0.1) is 0 Å². The van der Waals surface area contributed by atoms with Crippen LogP contribution >= 0.6 is 0 Å². The zero-order valence-electron chi connectivity index (χ0n) is 16.0. The van der Waals surface area contributed by atoms with Crippen molar-refractivity contribution in [3.63, 3.8) is 0 Å². The molecule has 27 heavy (non-hydrogen) atoms. The standard InChI is InChI=1S/C21H25FN2O3/c1-15-19(18(22)13-17(20(15)26-2)21(25)27-3)24-11-9-23(10-12-24)14-16-7-5-4-6-8-16/h4-8,13H,9-12,14H2,1-3H3. The molecule has 2 aromatic carbocycles. The van der Waals surface area contributed by atoms with Crippen molar-refractivity contribution >= 4 is 11.7 Å². The van der Waals surface area contributed by atoms with Crippen molar-refractivity contribution in [3.8, 4) is 5.75 Å². The van der Waals surface area contributed by atoms with Crippen LogP contribution < -0.4 is 9.64 Å². The summed E-state index contributed by atoms with van der Waals surface area (Å²) < 4.78 is 25.0. The molecule has 6 heteroatoms. The fourth-order valence-corrected chi connectivity index (χ4v) is 3.63. The Morgan fingerprint density at radius 3 is 2.37 bits per heavy atom. The number of carbonyl (C=O) groups excluding carboxylic acids is 1. The normalized spacial score (nSPS) is 14.9. The lowest BCUT2D eigenvalue weighted by Gasteiger charge is -2.37. The smallest absolute Gasteiger partial charge is 0.341 e. The summed E-state index contributed by atoms with van der Waals surface area (Å²) >= 11 is 0. The van der Waals surface area contributed by atoms with Gasteiger partial charge in [0.25, 0.3) is 0 Å². The molecule has 0 aromatic heterocycles. The molecule has 0 bridgehead atoms. The predicted molar refractivity (Wildman–Crippen MR) is 103 cm³/mol. The molecule has 1 aliphatic heterocycles. The number of piperazine rings is 1. The lowest BCUT2D eigenvalue weighted by atomic mass is 10.0. The highest BCUT2D eigenvalue weighted by molar-refractivity contribution is 5.94. The quantitative estimate of drug-likeness (QED) is 0.754. The van der Waals surface area contributed by atoms with Crippen LogP contribution in [-0.2, 0) is 11.3 Å². The molecule has 0 amide bonds. The minimum atomic E-state index is -0.604. The number of esters is 1. The predicted octanol–water partition coefficient (Wildman–Crippen LogP) is 3.25. The second-order valence-corrected chi connectivity index (χ2v) is 6.65. The molecule has 144 valence electrons. The average molecular weight is 372 g/mol. The fourth-order valence-electron chi connectivity index (χ4n) is 3.63. The Kier molecular flexibility index (Phi) is 5.96. The number of benzene rings is 2. The molecule has 3 rings (SSSR count). The number of halogens is 1. The minimum Gasteiger partial charge on any atom is -0.495 e. The van der Waals surface area contributed by atoms with Gasteiger partial charge in [-0.3, -0.25) is 4.90 Å². The third-order valence-corrected chi connectivity index (χ3v) is 4.98. The first-order chi connectivity index (χ1) is 13.0. The number of rotatable bonds is 5. The molecule has 1 saturated heterocycles. The van der Waals surface area contributed by atoms with E-state index in [1.54, 1.807) is 6.92 Å². The van der Waals surface area contributed by atoms with Crippen LogP contribution in [0.25, 0.3) is 0 Å². The Labute approximate surface area is 159 Å². The zero-order valence-corrected chi connectivity index (χ0v) is 16.0. The number of anilines is 1. The highest BCUT2D eigenvalue weighted by Gasteiger charge is 2.26. The molecule has 0 N–H and O–H groups in total. The van der Waals surface area contributed by atoms with Crippen molar-refractivity contribution in [1.82, 2.24) is 4.90 Å². The van der Waals surface area contributed by atoms with E-state index in [-0.39, 0.29) is 5.56 Å². The van der Waals surface area contributed by atoms with E-state index >= 15 is 0 Å². The van der Waals surface area contributed by atoms with Gasteiger partial charge in [0.1, 0.15) is 17.1 Å². The number of methoxy groups -OCH3 is 2. The molecule has 5 nitrogen and oxygen atoms in total. The molecular weight excluding hydrogens is 347 g/mol. The van der Waals surface area contributed by atoms with Gasteiger partial charge in [-0.2, -0.15) is 0 Å². The third kappa shape index (κ3) is 4.06. The van der Waals surface area contributed by atoms with Crippen LogP contribution in [-0.4, -0.2) is 51.3 Å². The molecule has 0 atom stereocenters. The summed E-state index contributed by atoms with van der Waals surface area (Å²) in [5.41, 5.74) is 2.51. The number of ether oxygens (including phenoxy) is 2. The molecule has 0 spiro atoms. The van der Waals surface area contributed by atoms with Crippen LogP contribution in [0.15, 0.2) is 36.4 Å². The van der Waals surface area contributed by atoms with Gasteiger partial charge in [0.2, 0.25) is 0 Å². The van der Waals surface area contributed by atoms with E-state index in [2.05, 4.69) is 17.0 Å². The van der Waals surface area contributed by atoms with Crippen molar-refractivity contribution in [3.05, 3.63) is 58.9 Å². The average Bonchev–Trinajstić information content (AvgIpc) is 2.69. The molecule has 0 unspecified atom stereocenters. The Morgan fingerprint density at radius 2 is 1.78 bits per heavy atom. The van der Waals surface area contributed by atoms with Crippen LogP contribution in [0.3, 0.4) is 0 Å². The number of nitrogens with zero attached hydrogens (tertiary/aromatic N) is 2. The lowest BCUT2D eigenvalue weighted by molar-refractivity contribution is 0.0596. The van der Waals surface area contributed by atoms with E-state index < -0.39 is 11.8 Å². The van der Waals surface area contributed by atoms with Gasteiger partial charge in [-0.05, 0) is 18.6 Å². The van der Waals surface area contributed by atoms with Gasteiger partial charge in [-0.1, -0.05) is 30.3 Å². The minimum absolute atomic E-state index is 0.112. The number of hydrogen-bond acceptors (Lipinski definition) is 5. The van der Waals surface area contributed by atoms with Gasteiger partial charge in [0.15, 0.2) is 0 Å². The molecule has 0 saturated carbocycles. The largest absolute Gasteiger partial charge is 0.495 e. The van der Waals surface area contributed by atoms with E-state index in [9.17, 15) is 9.18 Å². The first-order valence-electron chi connectivity index (χ1n) is 9.01. The van der Waals surface area contributed by atoms with Crippen molar-refractivity contribution in [1.29, 1.82) is 0 Å². The second kappa shape index (κ2) is 8.39. The van der Waals surface area contributed by atoms with E-state index in [0.29, 0.717) is 30.1 Å². The van der Waals surface area contributed by atoms with E-state index in [0.717, 1.165) is 19.6 Å². The highest BCUT2D eigenvalue weighted by Crippen LogP contribution is 2.35. The van der Waals surface area contributed by atoms with Crippen LogP contribution in [0.2, 0.25) is 0 Å². The maximum atomic E-state index is 14.8. The van der Waals surface area contributed by atoms with Crippen LogP contribution in [0.1, 0.15) is 21.5 Å². The summed E-state index contributed by atoms with van der Waals surface area (Å²) in [7, 11) is 2.75. The van der Waals surface area contributed by atoms with Gasteiger partial charge in [-0.25, -0.2) is 9.18 Å². The highest BCUT2D eigenvalue weighted by atomic mass is 19.1. The fraction of sp³-hybridized carbons (Fsp3) is 0.381. The molecule has 1 fully saturated rings. The summed E-state index contributed by atoms with van der Waals surface area (Å²) in [4.78, 5) is 16.3. The molecular formula is C21H25FN2O3. The van der Waals surface area contributed by atoms with Gasteiger partial charge in [0, 0.05) is 38.3 Å². The molecule has 1 aliphatic rings. The monoisotopic (exact) mass is 372 g/mol. The Balaban J connectivity index is 1.77. The molecule has 1 heterocycles. The summed E-state index contributed by atoms with van der Waals surface area (Å²) in [5, 5.41) is 0. The first-order valence-corrected chi connectivity index (χ1v) is 9.01. The summed E-state index contributed by atoms with van der Waals surface area (Å²) in [6.45, 7) is 5.78. The number of carbonyl (C=O) groups is 1. The van der Waals surface area contributed by atoms with Crippen molar-refractivity contribution in [2.75, 3.05) is 45.3 Å². The van der Waals surface area contributed by atoms with E-state index in [1.165, 1.54) is 25.8 Å². The zero-order chi connectivity index (χ0) is 19.4. The summed E-state index contributed by atoms with van der Waals surface area (Å²) in [5.74, 6) is -0.664.